The molecule has 25 heavy (non-hydrogen) atoms. The molecule has 0 saturated carbocycles. The van der Waals surface area contributed by atoms with Crippen LogP contribution in [-0.4, -0.2) is 37.8 Å². The fraction of sp³-hybridized carbons (Fsp3) is 0.611. The van der Waals surface area contributed by atoms with E-state index in [1.54, 1.807) is 0 Å². The molecule has 5 nitrogen and oxygen atoms in total. The van der Waals surface area contributed by atoms with Crippen molar-refractivity contribution in [3.05, 3.63) is 28.8 Å². The van der Waals surface area contributed by atoms with Crippen molar-refractivity contribution in [2.75, 3.05) is 13.1 Å². The molecule has 0 aliphatic carbocycles. The molecule has 1 aromatic rings. The van der Waals surface area contributed by atoms with E-state index in [9.17, 15) is 13.2 Å². The van der Waals surface area contributed by atoms with E-state index in [4.69, 9.17) is 11.6 Å². The van der Waals surface area contributed by atoms with Gasteiger partial charge in [0.2, 0.25) is 10.0 Å². The van der Waals surface area contributed by atoms with Gasteiger partial charge in [0, 0.05) is 19.1 Å². The Labute approximate surface area is 155 Å². The van der Waals surface area contributed by atoms with Gasteiger partial charge in [-0.25, -0.2) is 8.42 Å². The van der Waals surface area contributed by atoms with Gasteiger partial charge >= 0.3 is 0 Å². The molecule has 1 aliphatic rings. The monoisotopic (exact) mass is 386 g/mol. The second-order valence-electron chi connectivity index (χ2n) is 7.23. The first-order valence-electron chi connectivity index (χ1n) is 8.73. The van der Waals surface area contributed by atoms with Gasteiger partial charge in [-0.2, -0.15) is 4.31 Å². The van der Waals surface area contributed by atoms with Crippen LogP contribution in [0.2, 0.25) is 5.02 Å². The first kappa shape index (κ1) is 20.2. The molecule has 140 valence electrons. The van der Waals surface area contributed by atoms with Crippen molar-refractivity contribution >= 4 is 27.5 Å². The molecule has 2 rings (SSSR count). The predicted octanol–water partition coefficient (Wildman–Crippen LogP) is 3.53. The molecule has 0 spiro atoms. The van der Waals surface area contributed by atoms with E-state index in [-0.39, 0.29) is 33.3 Å². The average molecular weight is 387 g/mol. The molecule has 7 heteroatoms. The fourth-order valence-electron chi connectivity index (χ4n) is 2.66. The van der Waals surface area contributed by atoms with Gasteiger partial charge in [-0.3, -0.25) is 4.79 Å². The molecule has 1 amide bonds. The summed E-state index contributed by atoms with van der Waals surface area (Å²) in [6, 6.07) is 4.30. The zero-order valence-electron chi connectivity index (χ0n) is 15.3. The Kier molecular flexibility index (Phi) is 6.51. The number of piperidine rings is 1. The van der Waals surface area contributed by atoms with Crippen LogP contribution in [0.25, 0.3) is 0 Å². The first-order valence-corrected chi connectivity index (χ1v) is 10.5. The number of hydrogen-bond donors (Lipinski definition) is 1. The molecule has 1 atom stereocenters. The van der Waals surface area contributed by atoms with E-state index in [2.05, 4.69) is 12.2 Å². The zero-order valence-corrected chi connectivity index (χ0v) is 16.8. The lowest BCUT2D eigenvalue weighted by Crippen LogP contribution is -2.38. The Hall–Kier alpha value is -1.11. The Bertz CT molecular complexity index is 726. The highest BCUT2D eigenvalue weighted by Crippen LogP contribution is 2.26. The van der Waals surface area contributed by atoms with Crippen LogP contribution in [0.15, 0.2) is 23.1 Å². The summed E-state index contributed by atoms with van der Waals surface area (Å²) in [5, 5.41) is 3.12. The summed E-state index contributed by atoms with van der Waals surface area (Å²) in [5.74, 6) is 0.455. The fourth-order valence-corrected chi connectivity index (χ4v) is 4.36. The number of benzene rings is 1. The Morgan fingerprint density at radius 3 is 2.40 bits per heavy atom. The van der Waals surface area contributed by atoms with Crippen molar-refractivity contribution in [3.8, 4) is 0 Å². The molecule has 1 fully saturated rings. The van der Waals surface area contributed by atoms with Crippen LogP contribution >= 0.6 is 11.6 Å². The maximum Gasteiger partial charge on any atom is 0.253 e. The van der Waals surface area contributed by atoms with Crippen LogP contribution in [0, 0.1) is 11.8 Å². The third-order valence-corrected chi connectivity index (χ3v) is 7.15. The average Bonchev–Trinajstić information content (AvgIpc) is 2.55. The lowest BCUT2D eigenvalue weighted by Gasteiger charge is -2.29. The number of halogens is 1. The van der Waals surface area contributed by atoms with Gasteiger partial charge < -0.3 is 5.32 Å². The lowest BCUT2D eigenvalue weighted by molar-refractivity contribution is 0.0930. The molecule has 1 saturated heterocycles. The van der Waals surface area contributed by atoms with E-state index >= 15 is 0 Å². The first-order chi connectivity index (χ1) is 11.6. The lowest BCUT2D eigenvalue weighted by atomic mass is 10.0. The molecular formula is C18H27ClN2O3S. The van der Waals surface area contributed by atoms with Gasteiger partial charge in [-0.1, -0.05) is 32.4 Å². The van der Waals surface area contributed by atoms with Crippen molar-refractivity contribution in [1.82, 2.24) is 9.62 Å². The van der Waals surface area contributed by atoms with Crippen LogP contribution in [0.5, 0.6) is 0 Å². The molecule has 1 aromatic carbocycles. The maximum atomic E-state index is 12.9. The zero-order chi connectivity index (χ0) is 18.8. The van der Waals surface area contributed by atoms with Crippen LogP contribution in [0.1, 0.15) is 50.9 Å². The molecule has 0 bridgehead atoms. The second-order valence-corrected chi connectivity index (χ2v) is 9.58. The maximum absolute atomic E-state index is 12.9. The van der Waals surface area contributed by atoms with Gasteiger partial charge in [0.1, 0.15) is 0 Å². The van der Waals surface area contributed by atoms with Crippen LogP contribution in [-0.2, 0) is 10.0 Å². The molecule has 0 aromatic heterocycles. The molecule has 1 aliphatic heterocycles. The molecule has 0 unspecified atom stereocenters. The van der Waals surface area contributed by atoms with Gasteiger partial charge in [-0.15, -0.1) is 0 Å². The van der Waals surface area contributed by atoms with Crippen LogP contribution in [0.3, 0.4) is 0 Å². The summed E-state index contributed by atoms with van der Waals surface area (Å²) in [6.07, 6.45) is 1.71. The number of carbonyl (C=O) groups is 1. The van der Waals surface area contributed by atoms with Crippen LogP contribution < -0.4 is 5.32 Å². The third-order valence-electron chi connectivity index (χ3n) is 4.92. The van der Waals surface area contributed by atoms with E-state index in [1.807, 2.05) is 20.8 Å². The van der Waals surface area contributed by atoms with E-state index in [0.29, 0.717) is 19.0 Å². The molecule has 1 N–H and O–H groups in total. The summed E-state index contributed by atoms with van der Waals surface area (Å²) in [6.45, 7) is 9.07. The second kappa shape index (κ2) is 8.06. The van der Waals surface area contributed by atoms with Gasteiger partial charge in [0.05, 0.1) is 15.5 Å². The normalized spacial score (nSPS) is 18.3. The summed E-state index contributed by atoms with van der Waals surface area (Å²) in [5.41, 5.74) is 0.195. The molecular weight excluding hydrogens is 360 g/mol. The van der Waals surface area contributed by atoms with E-state index in [1.165, 1.54) is 22.5 Å². The standard InChI is InChI=1S/C18H27ClN2O3S/c1-12(2)14(4)20-18(22)16-11-15(5-6-17(16)19)25(23,24)21-9-7-13(3)8-10-21/h5-6,11-14H,7-10H2,1-4H3,(H,20,22)/t14-/m0/s1. The number of carbonyl (C=O) groups excluding carboxylic acids is 1. The Balaban J connectivity index is 2.27. The summed E-state index contributed by atoms with van der Waals surface area (Å²) >= 11 is 6.14. The highest BCUT2D eigenvalue weighted by molar-refractivity contribution is 7.89. The SMILES string of the molecule is CC1CCN(S(=O)(=O)c2ccc(Cl)c(C(=O)N[C@@H](C)C(C)C)c2)CC1. The quantitative estimate of drug-likeness (QED) is 0.841. The van der Waals surface area contributed by atoms with E-state index in [0.717, 1.165) is 12.8 Å². The van der Waals surface area contributed by atoms with Crippen molar-refractivity contribution in [2.45, 2.75) is 51.5 Å². The van der Waals surface area contributed by atoms with Crippen LogP contribution in [0.4, 0.5) is 0 Å². The minimum Gasteiger partial charge on any atom is -0.349 e. The van der Waals surface area contributed by atoms with E-state index < -0.39 is 10.0 Å². The van der Waals surface area contributed by atoms with Gasteiger partial charge in [-0.05, 0) is 49.8 Å². The Morgan fingerprint density at radius 1 is 1.24 bits per heavy atom. The smallest absolute Gasteiger partial charge is 0.253 e. The van der Waals surface area contributed by atoms with Gasteiger partial charge in [0.25, 0.3) is 5.91 Å². The Morgan fingerprint density at radius 2 is 1.84 bits per heavy atom. The van der Waals surface area contributed by atoms with Crippen molar-refractivity contribution in [2.24, 2.45) is 11.8 Å². The largest absolute Gasteiger partial charge is 0.349 e. The minimum absolute atomic E-state index is 0.0348. The number of nitrogens with one attached hydrogen (secondary N) is 1. The number of rotatable bonds is 5. The summed E-state index contributed by atoms with van der Waals surface area (Å²) in [4.78, 5) is 12.6. The summed E-state index contributed by atoms with van der Waals surface area (Å²) < 4.78 is 27.2. The topological polar surface area (TPSA) is 66.5 Å². The highest BCUT2D eigenvalue weighted by Gasteiger charge is 2.29. The number of hydrogen-bond acceptors (Lipinski definition) is 3. The number of sulfonamides is 1. The number of amides is 1. The van der Waals surface area contributed by atoms with Gasteiger partial charge in [0.15, 0.2) is 0 Å². The highest BCUT2D eigenvalue weighted by atomic mass is 35.5. The number of nitrogens with zero attached hydrogens (tertiary/aromatic N) is 1. The molecule has 1 heterocycles. The summed E-state index contributed by atoms with van der Waals surface area (Å²) in [7, 11) is -3.61. The predicted molar refractivity (Wildman–Crippen MR) is 100 cm³/mol. The molecule has 0 radical (unpaired) electrons. The van der Waals surface area contributed by atoms with Crippen molar-refractivity contribution in [1.29, 1.82) is 0 Å². The van der Waals surface area contributed by atoms with Crippen molar-refractivity contribution in [3.63, 3.8) is 0 Å². The van der Waals surface area contributed by atoms with Crippen molar-refractivity contribution < 1.29 is 13.2 Å². The minimum atomic E-state index is -3.61. The third kappa shape index (κ3) is 4.74.